The van der Waals surface area contributed by atoms with Crippen molar-refractivity contribution < 1.29 is 127 Å². The molecule has 1 rings (SSSR count). The molecule has 8 atom stereocenters. The van der Waals surface area contributed by atoms with Crippen LogP contribution in [0.1, 0.15) is 6.42 Å². The first-order valence-corrected chi connectivity index (χ1v) is 20.6. The Labute approximate surface area is 257 Å². The molecule has 27 nitrogen and oxygen atoms in total. The number of nitrogens with zero attached hydrogens (tertiary/aromatic N) is 1. The minimum Gasteiger partial charge on any atom is -0.550 e. The molecule has 0 heterocycles. The number of hydrogen-bond acceptors (Lipinski definition) is 15. The Morgan fingerprint density at radius 1 is 0.565 bits per heavy atom. The lowest BCUT2D eigenvalue weighted by Gasteiger charge is -2.48. The van der Waals surface area contributed by atoms with Gasteiger partial charge in [0, 0.05) is 12.4 Å². The number of carboxylic acid groups (broad SMARTS) is 1. The minimum absolute atomic E-state index is 0.187. The normalized spacial score (nSPS) is 27.6. The van der Waals surface area contributed by atoms with Crippen molar-refractivity contribution in [3.05, 3.63) is 0 Å². The molecule has 0 aromatic carbocycles. The Hall–Kier alpha value is 0.0900. The second kappa shape index (κ2) is 15.5. The molecule has 11 N–H and O–H groups in total. The summed E-state index contributed by atoms with van der Waals surface area (Å²) >= 11 is 0. The highest BCUT2D eigenvalue weighted by molar-refractivity contribution is 7.48. The number of rotatable bonds is 18. The summed E-state index contributed by atoms with van der Waals surface area (Å²) in [6, 6.07) is 0. The number of aliphatic carboxylic acids is 1. The third-order valence-corrected chi connectivity index (χ3v) is 8.59. The minimum atomic E-state index is -6.14. The summed E-state index contributed by atoms with van der Waals surface area (Å²) in [6.07, 6.45) is -22.3. The van der Waals surface area contributed by atoms with Crippen LogP contribution in [0.5, 0.6) is 0 Å². The van der Waals surface area contributed by atoms with Gasteiger partial charge in [-0.05, 0) is 0 Å². The van der Waals surface area contributed by atoms with Crippen LogP contribution in [0.2, 0.25) is 0 Å². The average molecular weight is 803 g/mol. The smallest absolute Gasteiger partial charge is 0.473 e. The number of carbonyl (C=O) groups excluding carboxylic acids is 1. The molecule has 0 saturated heterocycles. The Morgan fingerprint density at radius 2 is 0.804 bits per heavy atom. The summed E-state index contributed by atoms with van der Waals surface area (Å²) in [6.45, 7) is -0.441. The van der Waals surface area contributed by atoms with Crippen LogP contribution < -0.4 is 5.11 Å². The van der Waals surface area contributed by atoms with E-state index < -0.39 is 109 Å². The molecule has 0 radical (unpaired) electrons. The molecule has 1 aliphatic carbocycles. The lowest BCUT2D eigenvalue weighted by atomic mass is 9.85. The first kappa shape index (κ1) is 44.1. The fourth-order valence-electron chi connectivity index (χ4n) is 3.93. The van der Waals surface area contributed by atoms with Crippen LogP contribution in [0.15, 0.2) is 0 Å². The maximum absolute atomic E-state index is 13.1. The summed E-state index contributed by atoms with van der Waals surface area (Å²) in [7, 11) is -32.4. The molecule has 1 fully saturated rings. The second-order valence-electron chi connectivity index (χ2n) is 10.1. The van der Waals surface area contributed by atoms with Crippen LogP contribution in [0.4, 0.5) is 0 Å². The van der Waals surface area contributed by atoms with Crippen molar-refractivity contribution in [1.29, 1.82) is 0 Å². The predicted octanol–water partition coefficient (Wildman–Crippen LogP) is -3.89. The SMILES string of the molecule is C[N+](C)(C)CC(CC(=O)[O-])OP(=O)(O)OC1[C@@H](OP(=O)(O)O)[C@H](OP(=O)(O)O)C(OP(=O)(O)O)[C@H](OP(=O)(O)O)[C@@H]1OP(=O)(O)O. The topological polar surface area (TPSA) is 430 Å². The Morgan fingerprint density at radius 3 is 1.00 bits per heavy atom. The summed E-state index contributed by atoms with van der Waals surface area (Å²) in [5.41, 5.74) is 0. The fourth-order valence-corrected chi connectivity index (χ4v) is 7.83. The highest BCUT2D eigenvalue weighted by Gasteiger charge is 2.63. The highest BCUT2D eigenvalue weighted by atomic mass is 31.2. The molecule has 1 aliphatic rings. The fraction of sp³-hybridized carbons (Fsp3) is 0.923. The highest BCUT2D eigenvalue weighted by Crippen LogP contribution is 2.58. The van der Waals surface area contributed by atoms with E-state index in [9.17, 15) is 91.1 Å². The first-order chi connectivity index (χ1) is 20.1. The van der Waals surface area contributed by atoms with E-state index in [2.05, 4.69) is 22.6 Å². The Balaban J connectivity index is 4.09. The van der Waals surface area contributed by atoms with E-state index in [1.165, 1.54) is 21.1 Å². The molecule has 0 aliphatic heterocycles. The lowest BCUT2D eigenvalue weighted by molar-refractivity contribution is -0.873. The second-order valence-corrected chi connectivity index (χ2v) is 17.4. The summed E-state index contributed by atoms with van der Waals surface area (Å²) in [5.74, 6) is -1.87. The molecule has 274 valence electrons. The zero-order chi connectivity index (χ0) is 36.5. The number of likely N-dealkylation sites (N-methyl/N-ethyl adjacent to an activating group) is 1. The van der Waals surface area contributed by atoms with Crippen LogP contribution in [-0.4, -0.2) is 135 Å². The van der Waals surface area contributed by atoms with E-state index in [0.717, 1.165) is 0 Å². The monoisotopic (exact) mass is 803 g/mol. The van der Waals surface area contributed by atoms with E-state index in [1.807, 2.05) is 0 Å². The Bertz CT molecular complexity index is 1290. The number of phosphoric acid groups is 6. The number of quaternary nitrogens is 1. The molecule has 0 bridgehead atoms. The van der Waals surface area contributed by atoms with Crippen LogP contribution in [0, 0.1) is 0 Å². The summed E-state index contributed by atoms with van der Waals surface area (Å²) in [5, 5.41) is 11.2. The molecule has 0 aromatic heterocycles. The van der Waals surface area contributed by atoms with Crippen LogP contribution >= 0.6 is 46.9 Å². The van der Waals surface area contributed by atoms with Gasteiger partial charge < -0.3 is 68.2 Å². The third kappa shape index (κ3) is 17.7. The van der Waals surface area contributed by atoms with Crippen molar-refractivity contribution in [3.63, 3.8) is 0 Å². The van der Waals surface area contributed by atoms with Crippen LogP contribution in [-0.2, 0) is 63.9 Å². The maximum atomic E-state index is 13.1. The van der Waals surface area contributed by atoms with Gasteiger partial charge >= 0.3 is 46.9 Å². The standard InChI is InChI=1S/C13H31NO26P6/c1-14(2,3)5-6(4-7(15)16)34-46(32,33)40-13-11(38-44(26,27)28)9(36-42(20,21)22)8(35-41(17,18)19)10(37-43(23,24)25)12(13)39-45(29,30)31/h6,8-13H,4-5H2,1-3H3,(H11-,15,16,17,18,19,20,21,22,23,24,25,26,27,28,29,30,31,32,33)/t6?,8?,9-,10+,11-,12-,13?/m0/s1. The molecule has 0 spiro atoms. The molecule has 33 heteroatoms. The van der Waals surface area contributed by atoms with E-state index in [4.69, 9.17) is 9.05 Å². The van der Waals surface area contributed by atoms with Gasteiger partial charge in [-0.3, -0.25) is 31.7 Å². The van der Waals surface area contributed by atoms with Crippen molar-refractivity contribution in [3.8, 4) is 0 Å². The van der Waals surface area contributed by atoms with Gasteiger partial charge in [0.15, 0.2) is 0 Å². The van der Waals surface area contributed by atoms with Gasteiger partial charge in [0.25, 0.3) is 0 Å². The van der Waals surface area contributed by atoms with Gasteiger partial charge in [-0.25, -0.2) is 27.4 Å². The van der Waals surface area contributed by atoms with E-state index in [0.29, 0.717) is 0 Å². The number of hydrogen-bond donors (Lipinski definition) is 11. The molecular formula is C13H31NO26P6. The van der Waals surface area contributed by atoms with Crippen molar-refractivity contribution >= 4 is 52.9 Å². The van der Waals surface area contributed by atoms with Gasteiger partial charge in [-0.2, -0.15) is 0 Å². The van der Waals surface area contributed by atoms with Gasteiger partial charge in [-0.1, -0.05) is 0 Å². The summed E-state index contributed by atoms with van der Waals surface area (Å²) < 4.78 is 103. The number of carboxylic acids is 1. The maximum Gasteiger partial charge on any atom is 0.473 e. The van der Waals surface area contributed by atoms with Gasteiger partial charge in [0.05, 0.1) is 21.1 Å². The molecule has 4 unspecified atom stereocenters. The molecule has 0 aromatic rings. The average Bonchev–Trinajstić information content (AvgIpc) is 2.69. The zero-order valence-electron chi connectivity index (χ0n) is 23.1. The van der Waals surface area contributed by atoms with Crippen molar-refractivity contribution in [2.45, 2.75) is 49.1 Å². The Kier molecular flexibility index (Phi) is 14.9. The first-order valence-electron chi connectivity index (χ1n) is 11.5. The predicted molar refractivity (Wildman–Crippen MR) is 137 cm³/mol. The van der Waals surface area contributed by atoms with Crippen molar-refractivity contribution in [2.24, 2.45) is 0 Å². The number of carbonyl (C=O) groups is 1. The largest absolute Gasteiger partial charge is 0.550 e. The molecule has 1 saturated carbocycles. The van der Waals surface area contributed by atoms with Crippen LogP contribution in [0.25, 0.3) is 0 Å². The summed E-state index contributed by atoms with van der Waals surface area (Å²) in [4.78, 5) is 116. The molecule has 0 amide bonds. The van der Waals surface area contributed by atoms with Gasteiger partial charge in [0.2, 0.25) is 0 Å². The third-order valence-electron chi connectivity index (χ3n) is 4.92. The quantitative estimate of drug-likeness (QED) is 0.0466. The molecular weight excluding hydrogens is 772 g/mol. The van der Waals surface area contributed by atoms with Crippen molar-refractivity contribution in [1.82, 2.24) is 0 Å². The van der Waals surface area contributed by atoms with Gasteiger partial charge in [-0.15, -0.1) is 0 Å². The van der Waals surface area contributed by atoms with Crippen molar-refractivity contribution in [2.75, 3.05) is 27.7 Å². The van der Waals surface area contributed by atoms with E-state index >= 15 is 0 Å². The lowest BCUT2D eigenvalue weighted by Crippen LogP contribution is -2.66. The van der Waals surface area contributed by atoms with Crippen LogP contribution in [0.3, 0.4) is 0 Å². The van der Waals surface area contributed by atoms with Gasteiger partial charge in [0.1, 0.15) is 49.3 Å². The zero-order valence-corrected chi connectivity index (χ0v) is 28.5. The molecule has 46 heavy (non-hydrogen) atoms. The van der Waals surface area contributed by atoms with E-state index in [-0.39, 0.29) is 4.48 Å². The van der Waals surface area contributed by atoms with E-state index in [1.54, 1.807) is 0 Å². The number of phosphoric ester groups is 6.